The van der Waals surface area contributed by atoms with Crippen molar-refractivity contribution in [3.05, 3.63) is 12.7 Å². The largest absolute Gasteiger partial charge is 0.542 e. The lowest BCUT2D eigenvalue weighted by Crippen LogP contribution is -2.91. The monoisotopic (exact) mass is 628 g/mol. The maximum absolute atomic E-state index is 11.4. The molecule has 0 aromatic rings. The second-order valence-electron chi connectivity index (χ2n) is 6.92. The molecule has 184 valence electrons. The Labute approximate surface area is 196 Å². The summed E-state index contributed by atoms with van der Waals surface area (Å²) in [4.78, 5) is 64.0. The standard InChI is InChI=1S/C5H12OSi.C3H10OSi.H6O12Si8/c1-4-5-7(2,3)6;1-4-5(2)3;1-13(2)19(14(3)4,15(5)6)20(16(7)8,17(9)10)18(11)12/h4,6H,1,5H2,2-3H3;5H,1-3H3;1,3,5,7,9,11H. The lowest BCUT2D eigenvalue weighted by Gasteiger charge is -2.23. The van der Waals surface area contributed by atoms with Crippen LogP contribution in [-0.2, 0) is 31.2 Å². The highest BCUT2D eigenvalue weighted by molar-refractivity contribution is 8.14. The SMILES string of the molecule is C=CC[Si](C)(C)O.CO[SiH](C)C.O=[Si](O)[Si]([Si](=O)O)([Si](=O)O)[Si]([Si](=O)O)([Si](=O)O)[Si](=O)O. The average molecular weight is 629 g/mol. The van der Waals surface area contributed by atoms with Crippen molar-refractivity contribution in [2.75, 3.05) is 7.11 Å². The third-order valence-electron chi connectivity index (χ3n) is 3.60. The van der Waals surface area contributed by atoms with E-state index < -0.39 is 80.3 Å². The van der Waals surface area contributed by atoms with Crippen molar-refractivity contribution >= 4 is 80.3 Å². The molecule has 0 unspecified atom stereocenters. The zero-order valence-electron chi connectivity index (χ0n) is 18.1. The van der Waals surface area contributed by atoms with Crippen LogP contribution in [0.25, 0.3) is 0 Å². The lowest BCUT2D eigenvalue weighted by atomic mass is 10.8. The number of hydrogen-bond donors (Lipinski definition) is 7. The summed E-state index contributed by atoms with van der Waals surface area (Å²) in [6, 6.07) is 0.799. The molecule has 0 aromatic carbocycles. The Hall–Kier alpha value is -0.571. The summed E-state index contributed by atoms with van der Waals surface area (Å²) < 4.78 is 73.1. The van der Waals surface area contributed by atoms with Gasteiger partial charge in [0.1, 0.15) is 0 Å². The van der Waals surface area contributed by atoms with E-state index >= 15 is 0 Å². The first-order valence-electron chi connectivity index (χ1n) is 8.51. The Balaban J connectivity index is -0.000000572. The molecule has 32 heavy (non-hydrogen) atoms. The van der Waals surface area contributed by atoms with Gasteiger partial charge in [-0.05, 0) is 32.2 Å². The first kappa shape index (κ1) is 36.0. The van der Waals surface area contributed by atoms with Crippen LogP contribution in [0.2, 0.25) is 32.2 Å². The molecule has 0 rings (SSSR count). The van der Waals surface area contributed by atoms with Crippen LogP contribution < -0.4 is 0 Å². The molecule has 0 saturated carbocycles. The molecule has 0 aromatic heterocycles. The van der Waals surface area contributed by atoms with Crippen LogP contribution in [0.5, 0.6) is 0 Å². The van der Waals surface area contributed by atoms with Gasteiger partial charge in [-0.25, -0.2) is 0 Å². The predicted octanol–water partition coefficient (Wildman–Crippen LogP) is -5.12. The smallest absolute Gasteiger partial charge is 0.483 e. The zero-order chi connectivity index (χ0) is 26.7. The van der Waals surface area contributed by atoms with Crippen molar-refractivity contribution in [2.45, 2.75) is 32.2 Å². The first-order chi connectivity index (χ1) is 14.2. The maximum atomic E-state index is 11.4. The van der Waals surface area contributed by atoms with Crippen molar-refractivity contribution in [2.24, 2.45) is 0 Å². The van der Waals surface area contributed by atoms with E-state index in [9.17, 15) is 26.8 Å². The van der Waals surface area contributed by atoms with Crippen LogP contribution in [0.1, 0.15) is 0 Å². The van der Waals surface area contributed by atoms with E-state index in [0.717, 1.165) is 6.04 Å². The summed E-state index contributed by atoms with van der Waals surface area (Å²) in [5, 5.41) is 0. The van der Waals surface area contributed by atoms with E-state index in [1.807, 2.05) is 13.1 Å². The number of hydrogen-bond acceptors (Lipinski definition) is 8. The summed E-state index contributed by atoms with van der Waals surface area (Å²) in [5.41, 5.74) is 0. The quantitative estimate of drug-likeness (QED) is 0.0882. The van der Waals surface area contributed by atoms with E-state index in [1.54, 1.807) is 13.2 Å². The number of allylic oxidation sites excluding steroid dienone is 1. The minimum Gasteiger partial charge on any atom is -0.542 e. The lowest BCUT2D eigenvalue weighted by molar-refractivity contribution is 0.430. The van der Waals surface area contributed by atoms with Gasteiger partial charge in [-0.3, -0.25) is 0 Å². The van der Waals surface area contributed by atoms with Crippen molar-refractivity contribution in [1.29, 1.82) is 0 Å². The third kappa shape index (κ3) is 9.35. The van der Waals surface area contributed by atoms with E-state index in [1.165, 1.54) is 0 Å². The van der Waals surface area contributed by atoms with Crippen LogP contribution in [0.4, 0.5) is 0 Å². The molecule has 0 radical (unpaired) electrons. The molecular weight excluding hydrogens is 601 g/mol. The molecule has 0 saturated heterocycles. The first-order valence-corrected chi connectivity index (χ1v) is 33.6. The van der Waals surface area contributed by atoms with Gasteiger partial charge in [-0.1, -0.05) is 6.08 Å². The van der Waals surface area contributed by atoms with Gasteiger partial charge < -0.3 is 64.8 Å². The molecule has 0 heterocycles. The minimum atomic E-state index is -5.60. The maximum Gasteiger partial charge on any atom is 0.483 e. The van der Waals surface area contributed by atoms with Crippen LogP contribution in [0.3, 0.4) is 0 Å². The van der Waals surface area contributed by atoms with E-state index in [-0.39, 0.29) is 0 Å². The highest BCUT2D eigenvalue weighted by atomic mass is 30.4. The summed E-state index contributed by atoms with van der Waals surface area (Å²) >= 11 is 0. The molecule has 0 fully saturated rings. The second kappa shape index (κ2) is 15.4. The molecular formula is C8H28O14Si10. The second-order valence-corrected chi connectivity index (χ2v) is 63.9. The van der Waals surface area contributed by atoms with Crippen molar-refractivity contribution in [3.63, 3.8) is 0 Å². The van der Waals surface area contributed by atoms with Gasteiger partial charge in [-0.15, -0.1) is 6.58 Å². The van der Waals surface area contributed by atoms with Crippen molar-refractivity contribution < 1.29 is 64.8 Å². The minimum absolute atomic E-state index is 0.650. The molecule has 24 heteroatoms. The van der Waals surface area contributed by atoms with E-state index in [2.05, 4.69) is 19.7 Å². The van der Waals surface area contributed by atoms with Crippen LogP contribution in [0, 0.1) is 0 Å². The predicted molar refractivity (Wildman–Crippen MR) is 124 cm³/mol. The van der Waals surface area contributed by atoms with Crippen molar-refractivity contribution in [1.82, 2.24) is 0 Å². The Morgan fingerprint density at radius 1 is 0.750 bits per heavy atom. The van der Waals surface area contributed by atoms with Gasteiger partial charge in [0.05, 0.1) is 0 Å². The van der Waals surface area contributed by atoms with Gasteiger partial charge in [0.2, 0.25) is 0 Å². The summed E-state index contributed by atoms with van der Waals surface area (Å²) in [5.74, 6) is 0. The highest BCUT2D eigenvalue weighted by Gasteiger charge is 2.91. The Bertz CT molecular complexity index is 626. The van der Waals surface area contributed by atoms with Gasteiger partial charge in [0.15, 0.2) is 17.4 Å². The summed E-state index contributed by atoms with van der Waals surface area (Å²) in [6.45, 7) is 11.6. The molecule has 0 aliphatic carbocycles. The van der Waals surface area contributed by atoms with Gasteiger partial charge >= 0.3 is 63.0 Å². The molecule has 0 atom stereocenters. The molecule has 0 amide bonds. The van der Waals surface area contributed by atoms with Crippen LogP contribution >= 0.6 is 0 Å². The fourth-order valence-corrected chi connectivity index (χ4v) is 93.8. The van der Waals surface area contributed by atoms with Gasteiger partial charge in [-0.2, -0.15) is 0 Å². The zero-order valence-corrected chi connectivity index (χ0v) is 28.2. The summed E-state index contributed by atoms with van der Waals surface area (Å²) in [6.07, 6.45) is -9.44. The van der Waals surface area contributed by atoms with Gasteiger partial charge in [0.25, 0.3) is 0 Å². The van der Waals surface area contributed by atoms with Gasteiger partial charge in [0, 0.05) is 7.11 Å². The summed E-state index contributed by atoms with van der Waals surface area (Å²) in [7, 11) is -27.7. The van der Waals surface area contributed by atoms with E-state index in [4.69, 9.17) is 38.0 Å². The molecule has 0 spiro atoms. The normalized spacial score (nSPS) is 11.1. The Morgan fingerprint density at radius 2 is 0.938 bits per heavy atom. The Kier molecular flexibility index (Phi) is 17.3. The molecule has 0 aliphatic heterocycles. The fourth-order valence-electron chi connectivity index (χ4n) is 1.86. The molecule has 7 N–H and O–H groups in total. The van der Waals surface area contributed by atoms with E-state index in [0.29, 0.717) is 0 Å². The fraction of sp³-hybridized carbons (Fsp3) is 0.750. The molecule has 14 nitrogen and oxygen atoms in total. The highest BCUT2D eigenvalue weighted by Crippen LogP contribution is 2.18. The topological polar surface area (TPSA) is 253 Å². The van der Waals surface area contributed by atoms with Crippen LogP contribution in [-0.4, -0.2) is 121 Å². The molecule has 0 aliphatic rings. The van der Waals surface area contributed by atoms with Crippen LogP contribution in [0.15, 0.2) is 12.7 Å². The Morgan fingerprint density at radius 3 is 0.969 bits per heavy atom. The average Bonchev–Trinajstić information content (AvgIpc) is 2.56. The van der Waals surface area contributed by atoms with Crippen molar-refractivity contribution in [3.8, 4) is 0 Å². The number of rotatable bonds is 10. The third-order valence-corrected chi connectivity index (χ3v) is 101. The molecule has 0 bridgehead atoms.